The zero-order valence-electron chi connectivity index (χ0n) is 12.7. The van der Waals surface area contributed by atoms with Gasteiger partial charge in [-0.25, -0.2) is 9.78 Å². The molecule has 0 amide bonds. The molecule has 0 aliphatic carbocycles. The molecule has 0 spiro atoms. The highest BCUT2D eigenvalue weighted by Crippen LogP contribution is 2.29. The van der Waals surface area contributed by atoms with Gasteiger partial charge in [0.15, 0.2) is 17.2 Å². The van der Waals surface area contributed by atoms with Crippen LogP contribution in [0.25, 0.3) is 10.6 Å². The van der Waals surface area contributed by atoms with Crippen LogP contribution in [0, 0.1) is 11.3 Å². The Morgan fingerprint density at radius 3 is 2.67 bits per heavy atom. The molecule has 0 unspecified atom stereocenters. The fourth-order valence-electron chi connectivity index (χ4n) is 2.05. The van der Waals surface area contributed by atoms with E-state index in [4.69, 9.17) is 14.7 Å². The third kappa shape index (κ3) is 3.26. The maximum atomic E-state index is 12.3. The molecular formula is C18H12N2O3S. The Labute approximate surface area is 142 Å². The van der Waals surface area contributed by atoms with Crippen molar-refractivity contribution in [1.82, 2.24) is 4.98 Å². The number of ether oxygens (including phenoxy) is 2. The normalized spacial score (nSPS) is 10.0. The Hall–Kier alpha value is -3.17. The third-order valence-corrected chi connectivity index (χ3v) is 4.12. The zero-order chi connectivity index (χ0) is 16.9. The van der Waals surface area contributed by atoms with Gasteiger partial charge >= 0.3 is 5.97 Å². The number of aromatic nitrogens is 1. The molecular weight excluding hydrogens is 324 g/mol. The van der Waals surface area contributed by atoms with Crippen molar-refractivity contribution in [1.29, 1.82) is 5.26 Å². The fourth-order valence-corrected chi connectivity index (χ4v) is 2.85. The minimum Gasteiger partial charge on any atom is -0.493 e. The van der Waals surface area contributed by atoms with Gasteiger partial charge in [0.25, 0.3) is 0 Å². The number of nitrogens with zero attached hydrogens (tertiary/aromatic N) is 2. The molecule has 3 aromatic rings. The number of nitriles is 1. The van der Waals surface area contributed by atoms with E-state index in [2.05, 4.69) is 4.98 Å². The van der Waals surface area contributed by atoms with E-state index in [0.717, 1.165) is 10.6 Å². The lowest BCUT2D eigenvalue weighted by Crippen LogP contribution is -2.09. The van der Waals surface area contributed by atoms with Crippen LogP contribution in [0.1, 0.15) is 16.1 Å². The lowest BCUT2D eigenvalue weighted by atomic mass is 10.2. The molecule has 1 heterocycles. The SMILES string of the molecule is COc1cc(C#N)ccc1OC(=O)c1csc(-c2ccccc2)n1. The van der Waals surface area contributed by atoms with Crippen LogP contribution in [0.2, 0.25) is 0 Å². The van der Waals surface area contributed by atoms with Crippen LogP contribution in [0.15, 0.2) is 53.9 Å². The second kappa shape index (κ2) is 6.94. The Bertz CT molecular complexity index is 914. The first kappa shape index (κ1) is 15.7. The number of carbonyl (C=O) groups excluding carboxylic acids is 1. The first-order valence-electron chi connectivity index (χ1n) is 7.02. The number of rotatable bonds is 4. The van der Waals surface area contributed by atoms with Crippen molar-refractivity contribution in [3.8, 4) is 28.1 Å². The van der Waals surface area contributed by atoms with Gasteiger partial charge in [-0.2, -0.15) is 5.26 Å². The van der Waals surface area contributed by atoms with Crippen LogP contribution in [-0.4, -0.2) is 18.1 Å². The maximum absolute atomic E-state index is 12.3. The second-order valence-electron chi connectivity index (χ2n) is 4.77. The number of esters is 1. The molecule has 0 radical (unpaired) electrons. The van der Waals surface area contributed by atoms with Crippen LogP contribution in [0.5, 0.6) is 11.5 Å². The van der Waals surface area contributed by atoms with Crippen LogP contribution in [-0.2, 0) is 0 Å². The van der Waals surface area contributed by atoms with E-state index in [9.17, 15) is 4.79 Å². The van der Waals surface area contributed by atoms with Crippen molar-refractivity contribution in [3.05, 3.63) is 65.2 Å². The topological polar surface area (TPSA) is 72.2 Å². The van der Waals surface area contributed by atoms with E-state index in [0.29, 0.717) is 11.3 Å². The molecule has 0 atom stereocenters. The second-order valence-corrected chi connectivity index (χ2v) is 5.63. The number of hydrogen-bond acceptors (Lipinski definition) is 6. The summed E-state index contributed by atoms with van der Waals surface area (Å²) < 4.78 is 10.5. The van der Waals surface area contributed by atoms with Crippen molar-refractivity contribution in [2.24, 2.45) is 0 Å². The summed E-state index contributed by atoms with van der Waals surface area (Å²) >= 11 is 1.37. The summed E-state index contributed by atoms with van der Waals surface area (Å²) in [5, 5.41) is 11.3. The molecule has 0 saturated heterocycles. The molecule has 3 rings (SSSR count). The number of methoxy groups -OCH3 is 1. The molecule has 24 heavy (non-hydrogen) atoms. The quantitative estimate of drug-likeness (QED) is 0.533. The molecule has 0 aliphatic heterocycles. The smallest absolute Gasteiger partial charge is 0.363 e. The summed E-state index contributed by atoms with van der Waals surface area (Å²) in [6.45, 7) is 0. The lowest BCUT2D eigenvalue weighted by Gasteiger charge is -2.08. The van der Waals surface area contributed by atoms with Crippen LogP contribution in [0.4, 0.5) is 0 Å². The maximum Gasteiger partial charge on any atom is 0.363 e. The van der Waals surface area contributed by atoms with Gasteiger partial charge in [-0.1, -0.05) is 30.3 Å². The minimum absolute atomic E-state index is 0.227. The number of hydrogen-bond donors (Lipinski definition) is 0. The van der Waals surface area contributed by atoms with Crippen LogP contribution >= 0.6 is 11.3 Å². The third-order valence-electron chi connectivity index (χ3n) is 3.23. The van der Waals surface area contributed by atoms with E-state index in [1.165, 1.54) is 30.6 Å². The average Bonchev–Trinajstić information content (AvgIpc) is 3.13. The van der Waals surface area contributed by atoms with Crippen LogP contribution < -0.4 is 9.47 Å². The van der Waals surface area contributed by atoms with Crippen LogP contribution in [0.3, 0.4) is 0 Å². The van der Waals surface area contributed by atoms with E-state index >= 15 is 0 Å². The molecule has 6 heteroatoms. The van der Waals surface area contributed by atoms with Gasteiger partial charge in [0.2, 0.25) is 0 Å². The van der Waals surface area contributed by atoms with Gasteiger partial charge in [0.1, 0.15) is 5.01 Å². The number of benzene rings is 2. The Morgan fingerprint density at radius 2 is 1.96 bits per heavy atom. The zero-order valence-corrected chi connectivity index (χ0v) is 13.5. The highest BCUT2D eigenvalue weighted by molar-refractivity contribution is 7.13. The molecule has 5 nitrogen and oxygen atoms in total. The van der Waals surface area contributed by atoms with Gasteiger partial charge < -0.3 is 9.47 Å². The largest absolute Gasteiger partial charge is 0.493 e. The van der Waals surface area contributed by atoms with Crippen molar-refractivity contribution >= 4 is 17.3 Å². The van der Waals surface area contributed by atoms with E-state index in [1.807, 2.05) is 36.4 Å². The van der Waals surface area contributed by atoms with Gasteiger partial charge in [-0.15, -0.1) is 11.3 Å². The lowest BCUT2D eigenvalue weighted by molar-refractivity contribution is 0.0724. The average molecular weight is 336 g/mol. The van der Waals surface area contributed by atoms with Crippen molar-refractivity contribution in [3.63, 3.8) is 0 Å². The summed E-state index contributed by atoms with van der Waals surface area (Å²) in [7, 11) is 1.45. The van der Waals surface area contributed by atoms with Gasteiger partial charge in [-0.3, -0.25) is 0 Å². The number of carbonyl (C=O) groups is 1. The molecule has 0 aliphatic rings. The molecule has 1 aromatic heterocycles. The van der Waals surface area contributed by atoms with Crippen molar-refractivity contribution in [2.45, 2.75) is 0 Å². The summed E-state index contributed by atoms with van der Waals surface area (Å²) in [5.74, 6) is -0.00638. The molecule has 0 fully saturated rings. The predicted octanol–water partition coefficient (Wildman–Crippen LogP) is 3.91. The van der Waals surface area contributed by atoms with E-state index < -0.39 is 5.97 Å². The number of thiazole rings is 1. The monoisotopic (exact) mass is 336 g/mol. The molecule has 2 aromatic carbocycles. The highest BCUT2D eigenvalue weighted by atomic mass is 32.1. The van der Waals surface area contributed by atoms with E-state index in [1.54, 1.807) is 11.4 Å². The molecule has 0 saturated carbocycles. The standard InChI is InChI=1S/C18H12N2O3S/c1-22-16-9-12(10-19)7-8-15(16)23-18(21)14-11-24-17(20-14)13-5-3-2-4-6-13/h2-9,11H,1H3. The highest BCUT2D eigenvalue weighted by Gasteiger charge is 2.16. The Morgan fingerprint density at radius 1 is 1.17 bits per heavy atom. The molecule has 0 bridgehead atoms. The fraction of sp³-hybridized carbons (Fsp3) is 0.0556. The molecule has 0 N–H and O–H groups in total. The predicted molar refractivity (Wildman–Crippen MR) is 90.2 cm³/mol. The van der Waals surface area contributed by atoms with Crippen molar-refractivity contribution < 1.29 is 14.3 Å². The summed E-state index contributed by atoms with van der Waals surface area (Å²) in [4.78, 5) is 16.6. The van der Waals surface area contributed by atoms with Gasteiger partial charge in [0, 0.05) is 17.0 Å². The van der Waals surface area contributed by atoms with Gasteiger partial charge in [-0.05, 0) is 12.1 Å². The minimum atomic E-state index is -0.573. The Balaban J connectivity index is 1.81. The summed E-state index contributed by atoms with van der Waals surface area (Å²) in [6.07, 6.45) is 0. The Kier molecular flexibility index (Phi) is 4.54. The van der Waals surface area contributed by atoms with E-state index in [-0.39, 0.29) is 11.4 Å². The first-order valence-corrected chi connectivity index (χ1v) is 7.90. The summed E-state index contributed by atoms with van der Waals surface area (Å²) in [6, 6.07) is 16.2. The van der Waals surface area contributed by atoms with Crippen molar-refractivity contribution in [2.75, 3.05) is 7.11 Å². The first-order chi connectivity index (χ1) is 11.7. The van der Waals surface area contributed by atoms with Gasteiger partial charge in [0.05, 0.1) is 18.7 Å². The summed E-state index contributed by atoms with van der Waals surface area (Å²) in [5.41, 5.74) is 1.59. The molecule has 118 valence electrons.